The lowest BCUT2D eigenvalue weighted by molar-refractivity contribution is 0.223. The topological polar surface area (TPSA) is 54.9 Å². The smallest absolute Gasteiger partial charge is 0.191 e. The Morgan fingerprint density at radius 1 is 1.12 bits per heavy atom. The molecule has 2 rings (SSSR count). The van der Waals surface area contributed by atoms with Crippen molar-refractivity contribution in [2.24, 2.45) is 4.99 Å². The van der Waals surface area contributed by atoms with Gasteiger partial charge in [-0.1, -0.05) is 18.2 Å². The molecule has 0 radical (unpaired) electrons. The van der Waals surface area contributed by atoms with Crippen LogP contribution in [0, 0.1) is 5.82 Å². The monoisotopic (exact) mass is 473 g/mol. The van der Waals surface area contributed by atoms with Crippen molar-refractivity contribution < 1.29 is 13.9 Å². The van der Waals surface area contributed by atoms with Gasteiger partial charge < -0.3 is 20.1 Å². The van der Waals surface area contributed by atoms with Gasteiger partial charge in [-0.15, -0.1) is 24.0 Å². The molecule has 0 aliphatic carbocycles. The van der Waals surface area contributed by atoms with Crippen LogP contribution >= 0.6 is 24.0 Å². The second kappa shape index (κ2) is 11.6. The van der Waals surface area contributed by atoms with Crippen molar-refractivity contribution in [3.63, 3.8) is 0 Å². The molecule has 1 unspecified atom stereocenters. The zero-order chi connectivity index (χ0) is 18.1. The second-order valence-corrected chi connectivity index (χ2v) is 5.54. The van der Waals surface area contributed by atoms with E-state index >= 15 is 0 Å². The highest BCUT2D eigenvalue weighted by Crippen LogP contribution is 2.13. The van der Waals surface area contributed by atoms with Crippen LogP contribution in [0.25, 0.3) is 0 Å². The molecule has 2 aromatic rings. The van der Waals surface area contributed by atoms with E-state index in [0.29, 0.717) is 24.8 Å². The average Bonchev–Trinajstić information content (AvgIpc) is 2.62. The summed E-state index contributed by atoms with van der Waals surface area (Å²) in [7, 11) is 3.35. The number of nitrogens with one attached hydrogen (secondary N) is 2. The van der Waals surface area contributed by atoms with Crippen LogP contribution < -0.4 is 20.1 Å². The van der Waals surface area contributed by atoms with Crippen LogP contribution in [-0.2, 0) is 6.54 Å². The van der Waals surface area contributed by atoms with Gasteiger partial charge in [0.25, 0.3) is 0 Å². The van der Waals surface area contributed by atoms with E-state index in [1.807, 2.05) is 31.2 Å². The van der Waals surface area contributed by atoms with Crippen molar-refractivity contribution in [1.29, 1.82) is 0 Å². The predicted octanol–water partition coefficient (Wildman–Crippen LogP) is 3.58. The fourth-order valence-electron chi connectivity index (χ4n) is 2.20. The highest BCUT2D eigenvalue weighted by atomic mass is 127. The maximum absolute atomic E-state index is 13.2. The molecule has 0 amide bonds. The van der Waals surface area contributed by atoms with Crippen LogP contribution in [0.4, 0.5) is 4.39 Å². The molecule has 0 aromatic heterocycles. The molecule has 0 aliphatic heterocycles. The Balaban J connectivity index is 0.00000338. The van der Waals surface area contributed by atoms with Crippen molar-refractivity contribution in [2.75, 3.05) is 20.7 Å². The number of methoxy groups -OCH3 is 1. The summed E-state index contributed by atoms with van der Waals surface area (Å²) < 4.78 is 24.0. The maximum Gasteiger partial charge on any atom is 0.191 e. The van der Waals surface area contributed by atoms with Crippen molar-refractivity contribution >= 4 is 29.9 Å². The third kappa shape index (κ3) is 7.47. The Kier molecular flexibility index (Phi) is 9.79. The summed E-state index contributed by atoms with van der Waals surface area (Å²) in [4.78, 5) is 4.18. The Morgan fingerprint density at radius 2 is 1.85 bits per heavy atom. The Labute approximate surface area is 171 Å². The van der Waals surface area contributed by atoms with Crippen molar-refractivity contribution in [2.45, 2.75) is 19.6 Å². The van der Waals surface area contributed by atoms with Gasteiger partial charge in [0.15, 0.2) is 5.96 Å². The van der Waals surface area contributed by atoms with Gasteiger partial charge in [-0.05, 0) is 36.8 Å². The number of benzene rings is 2. The summed E-state index contributed by atoms with van der Waals surface area (Å²) in [5.41, 5.74) is 1.12. The predicted molar refractivity (Wildman–Crippen MR) is 113 cm³/mol. The Morgan fingerprint density at radius 3 is 2.46 bits per heavy atom. The molecule has 1 atom stereocenters. The summed E-state index contributed by atoms with van der Waals surface area (Å²) >= 11 is 0. The van der Waals surface area contributed by atoms with Gasteiger partial charge in [0.1, 0.15) is 23.4 Å². The van der Waals surface area contributed by atoms with Gasteiger partial charge in [0.2, 0.25) is 0 Å². The number of hydrogen-bond donors (Lipinski definition) is 2. The summed E-state index contributed by atoms with van der Waals surface area (Å²) in [5.74, 6) is 1.70. The third-order valence-electron chi connectivity index (χ3n) is 3.53. The van der Waals surface area contributed by atoms with E-state index in [4.69, 9.17) is 9.47 Å². The lowest BCUT2D eigenvalue weighted by Gasteiger charge is -2.18. The Hall–Kier alpha value is -2.03. The van der Waals surface area contributed by atoms with E-state index < -0.39 is 0 Å². The minimum atomic E-state index is -0.311. The zero-order valence-corrected chi connectivity index (χ0v) is 17.5. The summed E-state index contributed by atoms with van der Waals surface area (Å²) in [6.07, 6.45) is -0.138. The fraction of sp³-hybridized carbons (Fsp3) is 0.316. The molecule has 7 heteroatoms. The van der Waals surface area contributed by atoms with Crippen LogP contribution in [0.2, 0.25) is 0 Å². The first-order chi connectivity index (χ1) is 12.1. The number of aliphatic imine (C=N–C) groups is 1. The standard InChI is InChI=1S/C19H24FN3O2.HI/c1-14(25-18-6-4-5-16(20)11-18)12-22-19(21-2)23-13-15-7-9-17(24-3)10-8-15;/h4-11,14H,12-13H2,1-3H3,(H2,21,22,23);1H. The maximum atomic E-state index is 13.2. The average molecular weight is 473 g/mol. The van der Waals surface area contributed by atoms with Gasteiger partial charge in [-0.3, -0.25) is 4.99 Å². The second-order valence-electron chi connectivity index (χ2n) is 5.54. The number of rotatable bonds is 7. The minimum Gasteiger partial charge on any atom is -0.497 e. The van der Waals surface area contributed by atoms with Crippen LogP contribution in [0.15, 0.2) is 53.5 Å². The lowest BCUT2D eigenvalue weighted by atomic mass is 10.2. The number of ether oxygens (including phenoxy) is 2. The van der Waals surface area contributed by atoms with Gasteiger partial charge >= 0.3 is 0 Å². The largest absolute Gasteiger partial charge is 0.497 e. The van der Waals surface area contributed by atoms with Crippen molar-refractivity contribution in [3.05, 3.63) is 59.9 Å². The van der Waals surface area contributed by atoms with E-state index in [-0.39, 0.29) is 35.9 Å². The van der Waals surface area contributed by atoms with Gasteiger partial charge in [-0.25, -0.2) is 4.39 Å². The van der Waals surface area contributed by atoms with E-state index in [9.17, 15) is 4.39 Å². The molecule has 0 bridgehead atoms. The fourth-order valence-corrected chi connectivity index (χ4v) is 2.20. The van der Waals surface area contributed by atoms with Crippen LogP contribution in [-0.4, -0.2) is 32.8 Å². The highest BCUT2D eigenvalue weighted by Gasteiger charge is 2.06. The molecular weight excluding hydrogens is 448 g/mol. The molecule has 0 spiro atoms. The summed E-state index contributed by atoms with van der Waals surface area (Å²) in [6.45, 7) is 3.09. The van der Waals surface area contributed by atoms with Gasteiger partial charge in [0.05, 0.1) is 13.7 Å². The molecule has 2 aromatic carbocycles. The lowest BCUT2D eigenvalue weighted by Crippen LogP contribution is -2.41. The number of hydrogen-bond acceptors (Lipinski definition) is 3. The van der Waals surface area contributed by atoms with E-state index in [1.165, 1.54) is 12.1 Å². The normalized spacial score (nSPS) is 11.9. The molecule has 0 saturated carbocycles. The molecule has 2 N–H and O–H groups in total. The third-order valence-corrected chi connectivity index (χ3v) is 3.53. The first-order valence-corrected chi connectivity index (χ1v) is 8.10. The van der Waals surface area contributed by atoms with Crippen LogP contribution in [0.1, 0.15) is 12.5 Å². The highest BCUT2D eigenvalue weighted by molar-refractivity contribution is 14.0. The SMILES string of the molecule is CN=C(NCc1ccc(OC)cc1)NCC(C)Oc1cccc(F)c1.I. The number of halogens is 2. The van der Waals surface area contributed by atoms with Crippen molar-refractivity contribution in [1.82, 2.24) is 10.6 Å². The number of nitrogens with zero attached hydrogens (tertiary/aromatic N) is 1. The molecule has 142 valence electrons. The van der Waals surface area contributed by atoms with Crippen LogP contribution in [0.3, 0.4) is 0 Å². The first kappa shape index (κ1) is 22.0. The summed E-state index contributed by atoms with van der Waals surface area (Å²) in [6, 6.07) is 13.9. The molecule has 0 fully saturated rings. The summed E-state index contributed by atoms with van der Waals surface area (Å²) in [5, 5.41) is 6.43. The molecular formula is C19H25FIN3O2. The molecule has 5 nitrogen and oxygen atoms in total. The molecule has 0 saturated heterocycles. The van der Waals surface area contributed by atoms with Crippen molar-refractivity contribution in [3.8, 4) is 11.5 Å². The van der Waals surface area contributed by atoms with E-state index in [1.54, 1.807) is 26.3 Å². The Bertz CT molecular complexity index is 695. The molecule has 0 aliphatic rings. The van der Waals surface area contributed by atoms with Crippen LogP contribution in [0.5, 0.6) is 11.5 Å². The molecule has 26 heavy (non-hydrogen) atoms. The number of guanidine groups is 1. The van der Waals surface area contributed by atoms with Gasteiger partial charge in [-0.2, -0.15) is 0 Å². The van der Waals surface area contributed by atoms with E-state index in [0.717, 1.165) is 11.3 Å². The zero-order valence-electron chi connectivity index (χ0n) is 15.2. The minimum absolute atomic E-state index is 0. The van der Waals surface area contributed by atoms with E-state index in [2.05, 4.69) is 15.6 Å². The first-order valence-electron chi connectivity index (χ1n) is 8.10. The van der Waals surface area contributed by atoms with Gasteiger partial charge in [0, 0.05) is 19.7 Å². The molecule has 0 heterocycles. The quantitative estimate of drug-likeness (QED) is 0.367.